The molecule has 1 fully saturated rings. The molecule has 18 heavy (non-hydrogen) atoms. The van der Waals surface area contributed by atoms with Crippen LogP contribution in [-0.2, 0) is 12.7 Å². The van der Waals surface area contributed by atoms with Crippen molar-refractivity contribution >= 4 is 0 Å². The van der Waals surface area contributed by atoms with Gasteiger partial charge in [-0.15, -0.1) is 0 Å². The van der Waals surface area contributed by atoms with Crippen molar-refractivity contribution in [2.75, 3.05) is 26.2 Å². The molecule has 0 saturated carbocycles. The molecule has 1 heterocycles. The topological polar surface area (TPSA) is 15.3 Å². The van der Waals surface area contributed by atoms with E-state index in [0.29, 0.717) is 17.7 Å². The molecule has 1 N–H and O–H groups in total. The number of piperazine rings is 1. The van der Waals surface area contributed by atoms with E-state index in [1.54, 1.807) is 13.0 Å². The zero-order valence-electron chi connectivity index (χ0n) is 10.3. The second-order valence-corrected chi connectivity index (χ2v) is 4.62. The third kappa shape index (κ3) is 3.03. The largest absolute Gasteiger partial charge is 0.416 e. The van der Waals surface area contributed by atoms with Gasteiger partial charge in [0.15, 0.2) is 0 Å². The van der Waals surface area contributed by atoms with Crippen LogP contribution >= 0.6 is 0 Å². The van der Waals surface area contributed by atoms with E-state index >= 15 is 0 Å². The Labute approximate surface area is 105 Å². The predicted molar refractivity (Wildman–Crippen MR) is 64.3 cm³/mol. The molecule has 1 aliphatic heterocycles. The third-order valence-electron chi connectivity index (χ3n) is 3.31. The van der Waals surface area contributed by atoms with Crippen LogP contribution in [0.15, 0.2) is 18.2 Å². The fraction of sp³-hybridized carbons (Fsp3) is 0.538. The van der Waals surface area contributed by atoms with Gasteiger partial charge in [-0.05, 0) is 24.1 Å². The summed E-state index contributed by atoms with van der Waals surface area (Å²) in [5.41, 5.74) is 0.622. The highest BCUT2D eigenvalue weighted by molar-refractivity contribution is 5.36. The summed E-state index contributed by atoms with van der Waals surface area (Å²) in [4.78, 5) is 2.06. The summed E-state index contributed by atoms with van der Waals surface area (Å²) in [6.45, 7) is 5.40. The molecule has 0 spiro atoms. The van der Waals surface area contributed by atoms with E-state index in [1.807, 2.05) is 0 Å². The van der Waals surface area contributed by atoms with Crippen LogP contribution in [0.25, 0.3) is 0 Å². The van der Waals surface area contributed by atoms with Gasteiger partial charge in [-0.25, -0.2) is 0 Å². The summed E-state index contributed by atoms with van der Waals surface area (Å²) in [5.74, 6) is 0. The first-order valence-corrected chi connectivity index (χ1v) is 6.07. The van der Waals surface area contributed by atoms with Gasteiger partial charge in [0.2, 0.25) is 0 Å². The van der Waals surface area contributed by atoms with Crippen LogP contribution in [0.5, 0.6) is 0 Å². The normalized spacial score (nSPS) is 18.0. The highest BCUT2D eigenvalue weighted by Gasteiger charge is 2.34. The first-order chi connectivity index (χ1) is 8.48. The van der Waals surface area contributed by atoms with Gasteiger partial charge in [-0.2, -0.15) is 13.2 Å². The zero-order valence-corrected chi connectivity index (χ0v) is 10.3. The van der Waals surface area contributed by atoms with Crippen molar-refractivity contribution in [3.8, 4) is 0 Å². The Hall–Kier alpha value is -1.07. The highest BCUT2D eigenvalue weighted by atomic mass is 19.4. The van der Waals surface area contributed by atoms with Gasteiger partial charge in [0, 0.05) is 32.7 Å². The number of nitrogens with one attached hydrogen (secondary N) is 1. The van der Waals surface area contributed by atoms with Crippen molar-refractivity contribution < 1.29 is 13.2 Å². The second-order valence-electron chi connectivity index (χ2n) is 4.62. The molecule has 1 aliphatic rings. The van der Waals surface area contributed by atoms with Crippen molar-refractivity contribution in [3.63, 3.8) is 0 Å². The number of benzene rings is 1. The fourth-order valence-electron chi connectivity index (χ4n) is 2.27. The lowest BCUT2D eigenvalue weighted by atomic mass is 10.0. The van der Waals surface area contributed by atoms with Crippen molar-refractivity contribution in [1.82, 2.24) is 10.2 Å². The summed E-state index contributed by atoms with van der Waals surface area (Å²) in [6, 6.07) is 4.39. The van der Waals surface area contributed by atoms with Crippen LogP contribution in [0.1, 0.15) is 16.7 Å². The van der Waals surface area contributed by atoms with E-state index in [2.05, 4.69) is 10.2 Å². The molecule has 1 aromatic rings. The summed E-state index contributed by atoms with van der Waals surface area (Å²) in [7, 11) is 0. The van der Waals surface area contributed by atoms with E-state index in [0.717, 1.165) is 26.2 Å². The SMILES string of the molecule is Cc1cccc(C(F)(F)F)c1CN1CCNCC1. The molecule has 0 aromatic heterocycles. The van der Waals surface area contributed by atoms with Crippen LogP contribution in [-0.4, -0.2) is 31.1 Å². The molecule has 2 rings (SSSR count). The summed E-state index contributed by atoms with van der Waals surface area (Å²) in [5, 5.41) is 3.20. The zero-order chi connectivity index (χ0) is 13.2. The Morgan fingerprint density at radius 3 is 2.50 bits per heavy atom. The van der Waals surface area contributed by atoms with Crippen LogP contribution in [0.2, 0.25) is 0 Å². The van der Waals surface area contributed by atoms with E-state index < -0.39 is 11.7 Å². The molecule has 0 unspecified atom stereocenters. The van der Waals surface area contributed by atoms with Crippen LogP contribution in [0, 0.1) is 6.92 Å². The Kier molecular flexibility index (Phi) is 3.92. The lowest BCUT2D eigenvalue weighted by molar-refractivity contribution is -0.138. The molecule has 0 radical (unpaired) electrons. The van der Waals surface area contributed by atoms with Gasteiger partial charge in [0.25, 0.3) is 0 Å². The van der Waals surface area contributed by atoms with Crippen molar-refractivity contribution in [2.24, 2.45) is 0 Å². The maximum Gasteiger partial charge on any atom is 0.416 e. The molecule has 1 saturated heterocycles. The lowest BCUT2D eigenvalue weighted by Gasteiger charge is -2.29. The minimum Gasteiger partial charge on any atom is -0.314 e. The lowest BCUT2D eigenvalue weighted by Crippen LogP contribution is -2.43. The van der Waals surface area contributed by atoms with E-state index in [4.69, 9.17) is 0 Å². The van der Waals surface area contributed by atoms with Crippen molar-refractivity contribution in [3.05, 3.63) is 34.9 Å². The molecule has 1 aromatic carbocycles. The smallest absolute Gasteiger partial charge is 0.314 e. The molecular weight excluding hydrogens is 241 g/mol. The number of alkyl halides is 3. The van der Waals surface area contributed by atoms with Gasteiger partial charge in [0.05, 0.1) is 5.56 Å². The third-order valence-corrected chi connectivity index (χ3v) is 3.31. The maximum atomic E-state index is 13.0. The Morgan fingerprint density at radius 2 is 1.89 bits per heavy atom. The summed E-state index contributed by atoms with van der Waals surface area (Å²) < 4.78 is 38.9. The minimum atomic E-state index is -4.27. The highest BCUT2D eigenvalue weighted by Crippen LogP contribution is 2.33. The van der Waals surface area contributed by atoms with Crippen molar-refractivity contribution in [1.29, 1.82) is 0 Å². The minimum absolute atomic E-state index is 0.378. The number of hydrogen-bond donors (Lipinski definition) is 1. The predicted octanol–water partition coefficient (Wildman–Crippen LogP) is 2.42. The first-order valence-electron chi connectivity index (χ1n) is 6.07. The Bertz CT molecular complexity index is 409. The van der Waals surface area contributed by atoms with Gasteiger partial charge < -0.3 is 5.32 Å². The Balaban J connectivity index is 2.25. The number of rotatable bonds is 2. The standard InChI is InChI=1S/C13H17F3N2/c1-10-3-2-4-12(13(14,15)16)11(10)9-18-7-5-17-6-8-18/h2-4,17H,5-9H2,1H3. The number of aryl methyl sites for hydroxylation is 1. The molecular formula is C13H17F3N2. The molecule has 0 amide bonds. The molecule has 0 bridgehead atoms. The molecule has 0 atom stereocenters. The molecule has 0 aliphatic carbocycles. The second kappa shape index (κ2) is 5.28. The summed E-state index contributed by atoms with van der Waals surface area (Å²) in [6.07, 6.45) is -4.27. The van der Waals surface area contributed by atoms with E-state index in [1.165, 1.54) is 12.1 Å². The molecule has 100 valence electrons. The van der Waals surface area contributed by atoms with Crippen molar-refractivity contribution in [2.45, 2.75) is 19.6 Å². The first kappa shape index (κ1) is 13.4. The summed E-state index contributed by atoms with van der Waals surface area (Å²) >= 11 is 0. The maximum absolute atomic E-state index is 13.0. The van der Waals surface area contributed by atoms with Gasteiger partial charge >= 0.3 is 6.18 Å². The fourth-order valence-corrected chi connectivity index (χ4v) is 2.27. The quantitative estimate of drug-likeness (QED) is 0.876. The van der Waals surface area contributed by atoms with E-state index in [9.17, 15) is 13.2 Å². The number of halogens is 3. The average molecular weight is 258 g/mol. The number of nitrogens with zero attached hydrogens (tertiary/aromatic N) is 1. The van der Waals surface area contributed by atoms with Crippen LogP contribution in [0.4, 0.5) is 13.2 Å². The van der Waals surface area contributed by atoms with Crippen LogP contribution < -0.4 is 5.32 Å². The van der Waals surface area contributed by atoms with Gasteiger partial charge in [-0.3, -0.25) is 4.90 Å². The van der Waals surface area contributed by atoms with E-state index in [-0.39, 0.29) is 0 Å². The monoisotopic (exact) mass is 258 g/mol. The molecule has 5 heteroatoms. The average Bonchev–Trinajstić information content (AvgIpc) is 2.32. The molecule has 2 nitrogen and oxygen atoms in total. The van der Waals surface area contributed by atoms with Gasteiger partial charge in [0.1, 0.15) is 0 Å². The van der Waals surface area contributed by atoms with Crippen LogP contribution in [0.3, 0.4) is 0 Å². The number of hydrogen-bond acceptors (Lipinski definition) is 2. The Morgan fingerprint density at radius 1 is 1.22 bits per heavy atom. The van der Waals surface area contributed by atoms with Gasteiger partial charge in [-0.1, -0.05) is 12.1 Å².